The first-order chi connectivity index (χ1) is 10.9. The molecule has 1 amide bonds. The molecule has 2 rings (SSSR count). The van der Waals surface area contributed by atoms with Gasteiger partial charge < -0.3 is 20.5 Å². The Morgan fingerprint density at radius 1 is 1.26 bits per heavy atom. The second kappa shape index (κ2) is 7.56. The van der Waals surface area contributed by atoms with Crippen LogP contribution in [-0.4, -0.2) is 34.8 Å². The molecule has 0 heterocycles. The second-order valence-electron chi connectivity index (χ2n) is 4.88. The van der Waals surface area contributed by atoms with E-state index in [1.165, 1.54) is 6.07 Å². The van der Waals surface area contributed by atoms with Gasteiger partial charge in [-0.05, 0) is 35.3 Å². The summed E-state index contributed by atoms with van der Waals surface area (Å²) in [5.41, 5.74) is 0.249. The predicted octanol–water partition coefficient (Wildman–Crippen LogP) is 0.622. The van der Waals surface area contributed by atoms with Gasteiger partial charge in [0.1, 0.15) is 5.82 Å². The van der Waals surface area contributed by atoms with Gasteiger partial charge in [0.2, 0.25) is 0 Å². The van der Waals surface area contributed by atoms with Crippen LogP contribution in [0.4, 0.5) is 4.39 Å². The summed E-state index contributed by atoms with van der Waals surface area (Å²) in [4.78, 5) is 12.2. The van der Waals surface area contributed by atoms with Crippen molar-refractivity contribution in [2.45, 2.75) is 6.04 Å². The molecular formula is C15H14BClFNO4. The molecule has 0 spiro atoms. The lowest BCUT2D eigenvalue weighted by Crippen LogP contribution is -2.33. The maximum Gasteiger partial charge on any atom is 0.488 e. The van der Waals surface area contributed by atoms with E-state index < -0.39 is 24.9 Å². The molecule has 5 nitrogen and oxygen atoms in total. The van der Waals surface area contributed by atoms with Crippen molar-refractivity contribution in [1.29, 1.82) is 0 Å². The zero-order chi connectivity index (χ0) is 17.0. The van der Waals surface area contributed by atoms with Crippen LogP contribution >= 0.6 is 11.6 Å². The normalized spacial score (nSPS) is 11.9. The molecule has 23 heavy (non-hydrogen) atoms. The molecule has 0 aliphatic carbocycles. The number of carbonyl (C=O) groups excluding carboxylic acids is 1. The monoisotopic (exact) mass is 337 g/mol. The van der Waals surface area contributed by atoms with Gasteiger partial charge in [0.15, 0.2) is 0 Å². The first-order valence-corrected chi connectivity index (χ1v) is 7.13. The average Bonchev–Trinajstić information content (AvgIpc) is 2.52. The molecule has 8 heteroatoms. The molecule has 1 atom stereocenters. The molecule has 0 aliphatic heterocycles. The molecule has 0 aromatic heterocycles. The molecule has 0 radical (unpaired) electrons. The number of carbonyl (C=O) groups is 1. The maximum absolute atomic E-state index is 13.9. The third kappa shape index (κ3) is 4.30. The molecule has 0 unspecified atom stereocenters. The molecule has 0 bridgehead atoms. The molecule has 0 aliphatic rings. The number of hydrogen-bond acceptors (Lipinski definition) is 4. The number of benzene rings is 2. The van der Waals surface area contributed by atoms with E-state index in [-0.39, 0.29) is 17.6 Å². The number of aliphatic hydroxyl groups excluding tert-OH is 1. The predicted molar refractivity (Wildman–Crippen MR) is 85.0 cm³/mol. The van der Waals surface area contributed by atoms with Crippen LogP contribution in [-0.2, 0) is 0 Å². The van der Waals surface area contributed by atoms with E-state index in [1.54, 1.807) is 24.3 Å². The fourth-order valence-electron chi connectivity index (χ4n) is 2.07. The molecular weight excluding hydrogens is 323 g/mol. The Morgan fingerprint density at radius 3 is 2.57 bits per heavy atom. The van der Waals surface area contributed by atoms with Crippen LogP contribution in [0, 0.1) is 5.82 Å². The number of rotatable bonds is 5. The molecule has 2 aromatic carbocycles. The summed E-state index contributed by atoms with van der Waals surface area (Å²) >= 11 is 5.87. The van der Waals surface area contributed by atoms with Crippen molar-refractivity contribution >= 4 is 30.1 Å². The van der Waals surface area contributed by atoms with Gasteiger partial charge in [-0.2, -0.15) is 0 Å². The van der Waals surface area contributed by atoms with Crippen LogP contribution in [0.1, 0.15) is 22.0 Å². The topological polar surface area (TPSA) is 89.8 Å². The van der Waals surface area contributed by atoms with Crippen LogP contribution in [0.3, 0.4) is 0 Å². The summed E-state index contributed by atoms with van der Waals surface area (Å²) in [6, 6.07) is 9.08. The summed E-state index contributed by atoms with van der Waals surface area (Å²) in [5, 5.41) is 30.3. The van der Waals surface area contributed by atoms with Crippen molar-refractivity contribution in [2.75, 3.05) is 6.61 Å². The van der Waals surface area contributed by atoms with Gasteiger partial charge in [0.25, 0.3) is 5.91 Å². The highest BCUT2D eigenvalue weighted by Crippen LogP contribution is 2.18. The molecule has 0 saturated heterocycles. The molecule has 4 N–H and O–H groups in total. The van der Waals surface area contributed by atoms with Crippen molar-refractivity contribution in [3.63, 3.8) is 0 Å². The van der Waals surface area contributed by atoms with Crippen LogP contribution in [0.5, 0.6) is 0 Å². The zero-order valence-corrected chi connectivity index (χ0v) is 12.7. The lowest BCUT2D eigenvalue weighted by molar-refractivity contribution is 0.0912. The Kier molecular flexibility index (Phi) is 5.73. The lowest BCUT2D eigenvalue weighted by Gasteiger charge is -2.17. The van der Waals surface area contributed by atoms with Crippen molar-refractivity contribution in [2.24, 2.45) is 0 Å². The zero-order valence-electron chi connectivity index (χ0n) is 11.9. The minimum Gasteiger partial charge on any atom is -0.423 e. The van der Waals surface area contributed by atoms with E-state index in [0.29, 0.717) is 10.6 Å². The van der Waals surface area contributed by atoms with Gasteiger partial charge in [0, 0.05) is 5.02 Å². The third-order valence-electron chi connectivity index (χ3n) is 3.27. The summed E-state index contributed by atoms with van der Waals surface area (Å²) in [6.07, 6.45) is 0. The SMILES string of the molecule is O=C(N[C@H](CO)c1cccc(Cl)c1)c1ccc(B(O)O)cc1F. The Balaban J connectivity index is 2.20. The fourth-order valence-corrected chi connectivity index (χ4v) is 2.27. The van der Waals surface area contributed by atoms with E-state index >= 15 is 0 Å². The summed E-state index contributed by atoms with van der Waals surface area (Å²) in [5.74, 6) is -1.63. The van der Waals surface area contributed by atoms with Crippen molar-refractivity contribution in [1.82, 2.24) is 5.32 Å². The second-order valence-corrected chi connectivity index (χ2v) is 5.31. The van der Waals surface area contributed by atoms with E-state index in [4.69, 9.17) is 21.6 Å². The summed E-state index contributed by atoms with van der Waals surface area (Å²) in [6.45, 7) is -0.388. The van der Waals surface area contributed by atoms with Gasteiger partial charge in [-0.3, -0.25) is 4.79 Å². The van der Waals surface area contributed by atoms with Crippen molar-refractivity contribution < 1.29 is 24.3 Å². The van der Waals surface area contributed by atoms with Gasteiger partial charge in [-0.1, -0.05) is 29.8 Å². The number of aliphatic hydroxyl groups is 1. The highest BCUT2D eigenvalue weighted by molar-refractivity contribution is 6.58. The number of nitrogens with one attached hydrogen (secondary N) is 1. The Bertz CT molecular complexity index is 714. The van der Waals surface area contributed by atoms with Crippen LogP contribution < -0.4 is 10.8 Å². The van der Waals surface area contributed by atoms with Crippen LogP contribution in [0.15, 0.2) is 42.5 Å². The maximum atomic E-state index is 13.9. The Morgan fingerprint density at radius 2 is 2.00 bits per heavy atom. The van der Waals surface area contributed by atoms with Gasteiger partial charge in [0.05, 0.1) is 18.2 Å². The van der Waals surface area contributed by atoms with E-state index in [0.717, 1.165) is 12.1 Å². The highest BCUT2D eigenvalue weighted by atomic mass is 35.5. The minimum atomic E-state index is -1.82. The molecule has 0 fully saturated rings. The van der Waals surface area contributed by atoms with Crippen molar-refractivity contribution in [3.05, 3.63) is 64.4 Å². The lowest BCUT2D eigenvalue weighted by atomic mass is 9.80. The first-order valence-electron chi connectivity index (χ1n) is 6.75. The number of halogens is 2. The highest BCUT2D eigenvalue weighted by Gasteiger charge is 2.20. The smallest absolute Gasteiger partial charge is 0.423 e. The fraction of sp³-hybridized carbons (Fsp3) is 0.133. The van der Waals surface area contributed by atoms with Crippen LogP contribution in [0.25, 0.3) is 0 Å². The number of hydrogen-bond donors (Lipinski definition) is 4. The standard InChI is InChI=1S/C15H14BClFNO4/c17-11-3-1-2-9(6-11)14(8-20)19-15(21)12-5-4-10(16(22)23)7-13(12)18/h1-7,14,20,22-23H,8H2,(H,19,21)/t14-/m1/s1. The molecule has 2 aromatic rings. The quantitative estimate of drug-likeness (QED) is 0.602. The van der Waals surface area contributed by atoms with E-state index in [2.05, 4.69) is 5.32 Å². The Labute approximate surface area is 137 Å². The average molecular weight is 338 g/mol. The van der Waals surface area contributed by atoms with Crippen LogP contribution in [0.2, 0.25) is 5.02 Å². The third-order valence-corrected chi connectivity index (χ3v) is 3.51. The molecule has 120 valence electrons. The van der Waals surface area contributed by atoms with Gasteiger partial charge in [-0.15, -0.1) is 0 Å². The first kappa shape index (κ1) is 17.4. The minimum absolute atomic E-state index is 0.0624. The van der Waals surface area contributed by atoms with Gasteiger partial charge >= 0.3 is 7.12 Å². The number of amides is 1. The summed E-state index contributed by atoms with van der Waals surface area (Å²) in [7, 11) is -1.82. The van der Waals surface area contributed by atoms with Crippen molar-refractivity contribution in [3.8, 4) is 0 Å². The summed E-state index contributed by atoms with van der Waals surface area (Å²) < 4.78 is 13.9. The molecule has 0 saturated carbocycles. The Hall–Kier alpha value is -1.93. The van der Waals surface area contributed by atoms with Gasteiger partial charge in [-0.25, -0.2) is 4.39 Å². The van der Waals surface area contributed by atoms with E-state index in [1.807, 2.05) is 0 Å². The largest absolute Gasteiger partial charge is 0.488 e. The van der Waals surface area contributed by atoms with E-state index in [9.17, 15) is 14.3 Å².